The van der Waals surface area contributed by atoms with E-state index in [4.69, 9.17) is 0 Å². The zero-order valence-corrected chi connectivity index (χ0v) is 11.5. The molecule has 6 heteroatoms. The number of alkyl halides is 3. The highest BCUT2D eigenvalue weighted by molar-refractivity contribution is 7.86. The maximum Gasteiger partial charge on any atom is 0.416 e. The summed E-state index contributed by atoms with van der Waals surface area (Å²) in [5.41, 5.74) is -2.36. The Hall–Kier alpha value is -0.880. The molecule has 1 aromatic carbocycles. The maximum atomic E-state index is 13.1. The van der Waals surface area contributed by atoms with Gasteiger partial charge in [0, 0.05) is 21.3 Å². The van der Waals surface area contributed by atoms with Crippen molar-refractivity contribution in [3.05, 3.63) is 35.4 Å². The molecule has 0 amide bonds. The van der Waals surface area contributed by atoms with Gasteiger partial charge in [0.05, 0.1) is 11.2 Å². The van der Waals surface area contributed by atoms with Crippen molar-refractivity contribution in [1.82, 2.24) is 0 Å². The van der Waals surface area contributed by atoms with Gasteiger partial charge in [0.1, 0.15) is 0 Å². The van der Waals surface area contributed by atoms with E-state index in [9.17, 15) is 22.5 Å². The summed E-state index contributed by atoms with van der Waals surface area (Å²) in [6.45, 7) is 0. The molecule has 0 spiro atoms. The van der Waals surface area contributed by atoms with Crippen molar-refractivity contribution in [1.29, 1.82) is 0 Å². The molecule has 2 aliphatic rings. The van der Waals surface area contributed by atoms with E-state index in [1.54, 1.807) is 0 Å². The average Bonchev–Trinajstić information content (AvgIpc) is 2.62. The summed E-state index contributed by atoms with van der Waals surface area (Å²) in [5.74, 6) is 0. The van der Waals surface area contributed by atoms with Crippen LogP contribution in [0.25, 0.3) is 0 Å². The monoisotopic (exact) mass is 304 g/mol. The standard InChI is InChI=1S/C14H15F3O2S/c15-14(16,17)12-4-2-1-3-11(12)13(18)7-9-5-6-10(8-13)20(9)19/h1-4,9-10,18H,5-8H2. The molecule has 2 saturated heterocycles. The highest BCUT2D eigenvalue weighted by Gasteiger charge is 2.50. The van der Waals surface area contributed by atoms with Gasteiger partial charge < -0.3 is 5.11 Å². The third-order valence-corrected chi connectivity index (χ3v) is 6.45. The zero-order chi connectivity index (χ0) is 14.5. The van der Waals surface area contributed by atoms with Crippen molar-refractivity contribution in [2.45, 2.75) is 48.0 Å². The molecule has 0 radical (unpaired) electrons. The van der Waals surface area contributed by atoms with Gasteiger partial charge in [0.25, 0.3) is 0 Å². The van der Waals surface area contributed by atoms with Crippen molar-refractivity contribution in [3.8, 4) is 0 Å². The van der Waals surface area contributed by atoms with E-state index in [-0.39, 0.29) is 28.9 Å². The Kier molecular flexibility index (Phi) is 3.21. The van der Waals surface area contributed by atoms with E-state index in [0.29, 0.717) is 0 Å². The number of hydrogen-bond donors (Lipinski definition) is 1. The van der Waals surface area contributed by atoms with Crippen molar-refractivity contribution in [3.63, 3.8) is 0 Å². The number of fused-ring (bicyclic) bond motifs is 2. The minimum Gasteiger partial charge on any atom is -0.385 e. The van der Waals surface area contributed by atoms with Gasteiger partial charge >= 0.3 is 6.18 Å². The first-order chi connectivity index (χ1) is 9.31. The second-order valence-electron chi connectivity index (χ2n) is 5.63. The molecular formula is C14H15F3O2S. The number of rotatable bonds is 1. The van der Waals surface area contributed by atoms with Crippen LogP contribution in [0, 0.1) is 0 Å². The predicted molar refractivity (Wildman–Crippen MR) is 69.5 cm³/mol. The Morgan fingerprint density at radius 1 is 1.15 bits per heavy atom. The van der Waals surface area contributed by atoms with Gasteiger partial charge in [0.15, 0.2) is 0 Å². The lowest BCUT2D eigenvalue weighted by molar-refractivity contribution is -0.141. The molecule has 0 saturated carbocycles. The number of aliphatic hydroxyl groups is 1. The summed E-state index contributed by atoms with van der Waals surface area (Å²) in [5, 5.41) is 10.4. The Labute approximate surface area is 117 Å². The summed E-state index contributed by atoms with van der Waals surface area (Å²) >= 11 is 0. The molecule has 2 unspecified atom stereocenters. The highest BCUT2D eigenvalue weighted by atomic mass is 32.2. The quantitative estimate of drug-likeness (QED) is 0.866. The summed E-state index contributed by atoms with van der Waals surface area (Å²) in [6, 6.07) is 5.18. The fraction of sp³-hybridized carbons (Fsp3) is 0.571. The molecule has 2 atom stereocenters. The summed E-state index contributed by atoms with van der Waals surface area (Å²) < 4.78 is 51.2. The number of benzene rings is 1. The Bertz CT molecular complexity index is 540. The van der Waals surface area contributed by atoms with Crippen LogP contribution in [0.1, 0.15) is 36.8 Å². The van der Waals surface area contributed by atoms with Gasteiger partial charge in [0.2, 0.25) is 0 Å². The van der Waals surface area contributed by atoms with E-state index in [0.717, 1.165) is 18.9 Å². The molecule has 110 valence electrons. The van der Waals surface area contributed by atoms with E-state index >= 15 is 0 Å². The summed E-state index contributed by atoms with van der Waals surface area (Å²) in [7, 11) is -1.01. The van der Waals surface area contributed by atoms with Crippen LogP contribution < -0.4 is 0 Å². The van der Waals surface area contributed by atoms with Crippen molar-refractivity contribution in [2.75, 3.05) is 0 Å². The first kappa shape index (κ1) is 14.1. The Morgan fingerprint density at radius 3 is 2.25 bits per heavy atom. The highest BCUT2D eigenvalue weighted by Crippen LogP contribution is 2.48. The molecule has 1 aromatic rings. The normalized spacial score (nSPS) is 37.1. The largest absolute Gasteiger partial charge is 0.416 e. The molecular weight excluding hydrogens is 289 g/mol. The summed E-state index contributed by atoms with van der Waals surface area (Å²) in [6.07, 6.45) is -2.71. The molecule has 2 heterocycles. The molecule has 1 N–H and O–H groups in total. The van der Waals surface area contributed by atoms with Crippen molar-refractivity contribution in [2.24, 2.45) is 0 Å². The minimum absolute atomic E-state index is 0.0684. The minimum atomic E-state index is -4.48. The second kappa shape index (κ2) is 4.56. The number of hydrogen-bond acceptors (Lipinski definition) is 2. The van der Waals surface area contributed by atoms with Gasteiger partial charge in [-0.05, 0) is 37.3 Å². The second-order valence-corrected chi connectivity index (χ2v) is 7.62. The van der Waals surface area contributed by atoms with Gasteiger partial charge in [-0.15, -0.1) is 0 Å². The number of halogens is 3. The molecule has 0 aromatic heterocycles. The smallest absolute Gasteiger partial charge is 0.385 e. The predicted octanol–water partition coefficient (Wildman–Crippen LogP) is 2.97. The van der Waals surface area contributed by atoms with E-state index in [1.165, 1.54) is 18.2 Å². The first-order valence-electron chi connectivity index (χ1n) is 6.60. The van der Waals surface area contributed by atoms with Crippen LogP contribution in [0.5, 0.6) is 0 Å². The SMILES string of the molecule is O=S1C2CCC1CC(O)(c1ccccc1C(F)(F)F)C2. The van der Waals surface area contributed by atoms with E-state index < -0.39 is 28.1 Å². The lowest BCUT2D eigenvalue weighted by Crippen LogP contribution is -2.41. The van der Waals surface area contributed by atoms with Crippen LogP contribution in [0.2, 0.25) is 0 Å². The molecule has 0 aliphatic carbocycles. The third-order valence-electron chi connectivity index (χ3n) is 4.33. The fourth-order valence-electron chi connectivity index (χ4n) is 3.44. The lowest BCUT2D eigenvalue weighted by Gasteiger charge is -2.37. The lowest BCUT2D eigenvalue weighted by atomic mass is 9.83. The van der Waals surface area contributed by atoms with Crippen LogP contribution >= 0.6 is 0 Å². The topological polar surface area (TPSA) is 37.3 Å². The van der Waals surface area contributed by atoms with Gasteiger partial charge in [-0.2, -0.15) is 13.2 Å². The average molecular weight is 304 g/mol. The molecule has 2 fully saturated rings. The summed E-state index contributed by atoms with van der Waals surface area (Å²) in [4.78, 5) is 0. The van der Waals surface area contributed by atoms with Gasteiger partial charge in [-0.25, -0.2) is 0 Å². The van der Waals surface area contributed by atoms with Gasteiger partial charge in [-0.1, -0.05) is 18.2 Å². The Morgan fingerprint density at radius 2 is 1.70 bits per heavy atom. The Balaban J connectivity index is 2.03. The molecule has 2 bridgehead atoms. The van der Waals surface area contributed by atoms with E-state index in [2.05, 4.69) is 0 Å². The molecule has 3 rings (SSSR count). The van der Waals surface area contributed by atoms with Crippen LogP contribution in [0.3, 0.4) is 0 Å². The molecule has 20 heavy (non-hydrogen) atoms. The van der Waals surface area contributed by atoms with E-state index in [1.807, 2.05) is 0 Å². The maximum absolute atomic E-state index is 13.1. The molecule has 2 aliphatic heterocycles. The van der Waals surface area contributed by atoms with Crippen LogP contribution in [-0.2, 0) is 22.6 Å². The van der Waals surface area contributed by atoms with Crippen molar-refractivity contribution >= 4 is 10.8 Å². The van der Waals surface area contributed by atoms with Crippen LogP contribution in [0.15, 0.2) is 24.3 Å². The van der Waals surface area contributed by atoms with Crippen LogP contribution in [0.4, 0.5) is 13.2 Å². The molecule has 2 nitrogen and oxygen atoms in total. The van der Waals surface area contributed by atoms with Crippen LogP contribution in [-0.4, -0.2) is 19.8 Å². The first-order valence-corrected chi connectivity index (χ1v) is 7.87. The third kappa shape index (κ3) is 2.19. The zero-order valence-electron chi connectivity index (χ0n) is 10.7. The van der Waals surface area contributed by atoms with Gasteiger partial charge in [-0.3, -0.25) is 4.21 Å². The van der Waals surface area contributed by atoms with Crippen molar-refractivity contribution < 1.29 is 22.5 Å². The fourth-order valence-corrected chi connectivity index (χ4v) is 5.60.